The second-order valence-corrected chi connectivity index (χ2v) is 7.98. The average molecular weight is 311 g/mol. The summed E-state index contributed by atoms with van der Waals surface area (Å²) < 4.78 is 0. The van der Waals surface area contributed by atoms with Crippen molar-refractivity contribution in [1.82, 2.24) is 0 Å². The summed E-state index contributed by atoms with van der Waals surface area (Å²) in [6.07, 6.45) is 9.79. The van der Waals surface area contributed by atoms with Crippen LogP contribution in [0.4, 0.5) is 0 Å². The molecule has 0 aromatic carbocycles. The number of hydrogen-bond acceptors (Lipinski definition) is 3. The van der Waals surface area contributed by atoms with E-state index < -0.39 is 0 Å². The van der Waals surface area contributed by atoms with Crippen molar-refractivity contribution in [1.29, 1.82) is 5.26 Å². The van der Waals surface area contributed by atoms with Crippen LogP contribution in [0.5, 0.6) is 0 Å². The maximum Gasteiger partial charge on any atom is 0.178 e. The Morgan fingerprint density at radius 3 is 2.78 bits per heavy atom. The van der Waals surface area contributed by atoms with Crippen LogP contribution in [0, 0.1) is 39.9 Å². The summed E-state index contributed by atoms with van der Waals surface area (Å²) in [5, 5.41) is 9.32. The minimum absolute atomic E-state index is 0.0807. The van der Waals surface area contributed by atoms with Crippen molar-refractivity contribution in [2.24, 2.45) is 28.6 Å². The Kier molecular flexibility index (Phi) is 3.83. The summed E-state index contributed by atoms with van der Waals surface area (Å²) in [6, 6.07) is 2.33. The number of fused-ring (bicyclic) bond motifs is 3. The molecule has 0 amide bonds. The minimum Gasteiger partial charge on any atom is -0.299 e. The van der Waals surface area contributed by atoms with Crippen LogP contribution in [-0.4, -0.2) is 11.6 Å². The lowest BCUT2D eigenvalue weighted by Crippen LogP contribution is -2.51. The highest BCUT2D eigenvalue weighted by molar-refractivity contribution is 6.01. The zero-order valence-electron chi connectivity index (χ0n) is 14.3. The molecule has 0 bridgehead atoms. The van der Waals surface area contributed by atoms with Gasteiger partial charge in [0.25, 0.3) is 0 Å². The summed E-state index contributed by atoms with van der Waals surface area (Å²) in [7, 11) is 0. The second kappa shape index (κ2) is 5.44. The van der Waals surface area contributed by atoms with Crippen LogP contribution in [-0.2, 0) is 9.59 Å². The smallest absolute Gasteiger partial charge is 0.178 e. The van der Waals surface area contributed by atoms with Gasteiger partial charge < -0.3 is 0 Å². The number of rotatable bonds is 2. The van der Waals surface area contributed by atoms with Crippen LogP contribution >= 0.6 is 0 Å². The van der Waals surface area contributed by atoms with Gasteiger partial charge in [0.05, 0.1) is 6.07 Å². The number of carbonyl (C=O) groups excluding carboxylic acids is 2. The lowest BCUT2D eigenvalue weighted by Gasteiger charge is -2.56. The molecule has 3 aliphatic rings. The van der Waals surface area contributed by atoms with E-state index in [0.717, 1.165) is 25.7 Å². The Bertz CT molecular complexity index is 653. The Labute approximate surface area is 138 Å². The van der Waals surface area contributed by atoms with Gasteiger partial charge in [-0.1, -0.05) is 25.5 Å². The summed E-state index contributed by atoms with van der Waals surface area (Å²) in [5.41, 5.74) is 0.791. The van der Waals surface area contributed by atoms with Crippen molar-refractivity contribution in [3.8, 4) is 6.07 Å². The third kappa shape index (κ3) is 2.31. The minimum atomic E-state index is -0.372. The third-order valence-corrected chi connectivity index (χ3v) is 7.06. The second-order valence-electron chi connectivity index (χ2n) is 7.98. The quantitative estimate of drug-likeness (QED) is 0.774. The molecule has 2 saturated carbocycles. The van der Waals surface area contributed by atoms with E-state index in [1.54, 1.807) is 13.0 Å². The molecular formula is C20H25NO2. The molecule has 0 aliphatic heterocycles. The maximum atomic E-state index is 12.3. The van der Waals surface area contributed by atoms with Crippen LogP contribution in [0.15, 0.2) is 23.8 Å². The standard InChI is InChI=1S/C20H25NO2/c1-13(22)19(2)10-7-17-16(18(19)8-11-21)5-4-14-12-15(23)6-9-20(14,17)3/h6,9,12,16-18H,4-5,7-8,10H2,1-3H3/t16-,17+,18?,19-,20+/m1/s1. The van der Waals surface area contributed by atoms with Crippen LogP contribution in [0.25, 0.3) is 0 Å². The van der Waals surface area contributed by atoms with Crippen molar-refractivity contribution in [3.63, 3.8) is 0 Å². The number of ketones is 2. The zero-order valence-corrected chi connectivity index (χ0v) is 14.3. The SMILES string of the molecule is CC(=O)[C@@]1(C)CC[C@H]2[C@@H](CCC3=CC(=O)C=C[C@@]32C)C1CC#N. The fourth-order valence-electron chi connectivity index (χ4n) is 5.43. The van der Waals surface area contributed by atoms with Crippen LogP contribution in [0.3, 0.4) is 0 Å². The highest BCUT2D eigenvalue weighted by Crippen LogP contribution is 2.61. The van der Waals surface area contributed by atoms with Crippen molar-refractivity contribution >= 4 is 11.6 Å². The Morgan fingerprint density at radius 1 is 1.39 bits per heavy atom. The van der Waals surface area contributed by atoms with E-state index >= 15 is 0 Å². The Hall–Kier alpha value is -1.69. The number of nitrogens with zero attached hydrogens (tertiary/aromatic N) is 1. The lowest BCUT2D eigenvalue weighted by molar-refractivity contribution is -0.136. The van der Waals surface area contributed by atoms with Gasteiger partial charge in [-0.2, -0.15) is 5.26 Å². The molecule has 0 aromatic heterocycles. The van der Waals surface area contributed by atoms with E-state index in [1.165, 1.54) is 5.57 Å². The molecule has 23 heavy (non-hydrogen) atoms. The van der Waals surface area contributed by atoms with E-state index in [2.05, 4.69) is 26.0 Å². The maximum absolute atomic E-state index is 12.3. The molecule has 3 heteroatoms. The molecule has 122 valence electrons. The molecular weight excluding hydrogens is 286 g/mol. The topological polar surface area (TPSA) is 57.9 Å². The summed E-state index contributed by atoms with van der Waals surface area (Å²) in [4.78, 5) is 24.0. The Morgan fingerprint density at radius 2 is 2.13 bits per heavy atom. The van der Waals surface area contributed by atoms with Crippen LogP contribution < -0.4 is 0 Å². The normalized spacial score (nSPS) is 42.3. The van der Waals surface area contributed by atoms with E-state index in [9.17, 15) is 14.9 Å². The fourth-order valence-corrected chi connectivity index (χ4v) is 5.43. The lowest BCUT2D eigenvalue weighted by atomic mass is 9.47. The van der Waals surface area contributed by atoms with Gasteiger partial charge in [0, 0.05) is 17.3 Å². The van der Waals surface area contributed by atoms with Crippen molar-refractivity contribution in [2.45, 2.75) is 52.9 Å². The molecule has 3 rings (SSSR count). The number of hydrogen-bond donors (Lipinski definition) is 0. The van der Waals surface area contributed by atoms with E-state index in [0.29, 0.717) is 18.3 Å². The van der Waals surface area contributed by atoms with Gasteiger partial charge in [0.15, 0.2) is 5.78 Å². The molecule has 5 atom stereocenters. The van der Waals surface area contributed by atoms with E-state index in [-0.39, 0.29) is 28.3 Å². The first kappa shape index (κ1) is 16.2. The molecule has 2 fully saturated rings. The first-order valence-corrected chi connectivity index (χ1v) is 8.65. The van der Waals surface area contributed by atoms with Crippen molar-refractivity contribution in [3.05, 3.63) is 23.8 Å². The van der Waals surface area contributed by atoms with Crippen molar-refractivity contribution in [2.75, 3.05) is 0 Å². The monoisotopic (exact) mass is 311 g/mol. The third-order valence-electron chi connectivity index (χ3n) is 7.06. The summed E-state index contributed by atoms with van der Waals surface area (Å²) >= 11 is 0. The van der Waals surface area contributed by atoms with Gasteiger partial charge in [-0.05, 0) is 62.5 Å². The first-order chi connectivity index (χ1) is 10.8. The molecule has 0 radical (unpaired) electrons. The predicted octanol–water partition coefficient (Wildman–Crippen LogP) is 4.00. The number of Topliss-reactive ketones (excluding diaryl/α,β-unsaturated/α-hetero) is 1. The molecule has 3 nitrogen and oxygen atoms in total. The largest absolute Gasteiger partial charge is 0.299 e. The van der Waals surface area contributed by atoms with E-state index in [1.807, 2.05) is 6.08 Å². The van der Waals surface area contributed by atoms with Gasteiger partial charge >= 0.3 is 0 Å². The summed E-state index contributed by atoms with van der Waals surface area (Å²) in [6.45, 7) is 5.97. The average Bonchev–Trinajstić information content (AvgIpc) is 2.50. The molecule has 0 heterocycles. The molecule has 0 saturated heterocycles. The van der Waals surface area contributed by atoms with Gasteiger partial charge in [0.1, 0.15) is 5.78 Å². The number of allylic oxidation sites excluding steroid dienone is 4. The number of nitriles is 1. The van der Waals surface area contributed by atoms with Gasteiger partial charge in [-0.25, -0.2) is 0 Å². The molecule has 0 aromatic rings. The Balaban J connectivity index is 2.00. The fraction of sp³-hybridized carbons (Fsp3) is 0.650. The molecule has 1 unspecified atom stereocenters. The van der Waals surface area contributed by atoms with Gasteiger partial charge in [0.2, 0.25) is 0 Å². The zero-order chi connectivity index (χ0) is 16.8. The van der Waals surface area contributed by atoms with Crippen LogP contribution in [0.1, 0.15) is 52.9 Å². The molecule has 3 aliphatic carbocycles. The number of carbonyl (C=O) groups is 2. The first-order valence-electron chi connectivity index (χ1n) is 8.65. The molecule has 0 N–H and O–H groups in total. The van der Waals surface area contributed by atoms with Crippen molar-refractivity contribution < 1.29 is 9.59 Å². The summed E-state index contributed by atoms with van der Waals surface area (Å²) in [5.74, 6) is 1.26. The van der Waals surface area contributed by atoms with E-state index in [4.69, 9.17) is 0 Å². The highest BCUT2D eigenvalue weighted by atomic mass is 16.1. The molecule has 0 spiro atoms. The van der Waals surface area contributed by atoms with Gasteiger partial charge in [-0.15, -0.1) is 0 Å². The van der Waals surface area contributed by atoms with Gasteiger partial charge in [-0.3, -0.25) is 9.59 Å². The highest BCUT2D eigenvalue weighted by Gasteiger charge is 2.55. The predicted molar refractivity (Wildman–Crippen MR) is 88.3 cm³/mol. The van der Waals surface area contributed by atoms with Crippen LogP contribution in [0.2, 0.25) is 0 Å².